The summed E-state index contributed by atoms with van der Waals surface area (Å²) in [5.74, 6) is -0.874. The molecule has 0 fully saturated rings. The number of nitrogens with one attached hydrogen (secondary N) is 1. The van der Waals surface area contributed by atoms with Crippen molar-refractivity contribution in [2.75, 3.05) is 27.7 Å². The van der Waals surface area contributed by atoms with Crippen LogP contribution in [0, 0.1) is 0 Å². The van der Waals surface area contributed by atoms with Crippen molar-refractivity contribution in [3.05, 3.63) is 65.7 Å². The number of benzene rings is 2. The summed E-state index contributed by atoms with van der Waals surface area (Å²) in [5.41, 5.74) is 0.943. The lowest BCUT2D eigenvalue weighted by molar-refractivity contribution is -0.158. The number of carbonyl (C=O) groups excluding carboxylic acids is 3. The van der Waals surface area contributed by atoms with Gasteiger partial charge in [0.15, 0.2) is 0 Å². The zero-order chi connectivity index (χ0) is 19.8. The molecular weight excluding hydrogens is 348 g/mol. The maximum absolute atomic E-state index is 12.3. The van der Waals surface area contributed by atoms with Crippen molar-refractivity contribution in [1.82, 2.24) is 10.2 Å². The molecule has 7 nitrogen and oxygen atoms in total. The molecule has 0 aliphatic rings. The Kier molecular flexibility index (Phi) is 6.93. The van der Waals surface area contributed by atoms with Gasteiger partial charge in [-0.05, 0) is 24.3 Å². The molecule has 0 radical (unpaired) electrons. The van der Waals surface area contributed by atoms with Gasteiger partial charge in [0, 0.05) is 25.2 Å². The standard InChI is InChI=1S/C20H22N2O5/c1-22(2)20(25)18(14-7-5-4-6-8-14)27-17(23)13-21-19(24)15-9-11-16(26-3)12-10-15/h4-12,18H,13H2,1-3H3,(H,21,24)/t18-/m1/s1. The lowest BCUT2D eigenvalue weighted by Crippen LogP contribution is -2.35. The molecule has 2 rings (SSSR count). The Morgan fingerprint density at radius 3 is 2.19 bits per heavy atom. The summed E-state index contributed by atoms with van der Waals surface area (Å²) in [6.45, 7) is -0.352. The predicted molar refractivity (Wildman–Crippen MR) is 99.3 cm³/mol. The number of likely N-dealkylation sites (N-methyl/N-ethyl adjacent to an activating group) is 1. The van der Waals surface area contributed by atoms with Crippen LogP contribution in [0.4, 0.5) is 0 Å². The number of rotatable bonds is 7. The van der Waals surface area contributed by atoms with E-state index in [2.05, 4.69) is 5.32 Å². The van der Waals surface area contributed by atoms with Crippen LogP contribution >= 0.6 is 0 Å². The molecule has 0 saturated heterocycles. The summed E-state index contributed by atoms with van der Waals surface area (Å²) in [6, 6.07) is 15.2. The highest BCUT2D eigenvalue weighted by Crippen LogP contribution is 2.19. The molecule has 0 saturated carbocycles. The first-order valence-corrected chi connectivity index (χ1v) is 8.30. The minimum atomic E-state index is -1.06. The highest BCUT2D eigenvalue weighted by atomic mass is 16.5. The molecule has 0 heterocycles. The normalized spacial score (nSPS) is 11.2. The maximum Gasteiger partial charge on any atom is 0.326 e. The monoisotopic (exact) mass is 370 g/mol. The zero-order valence-corrected chi connectivity index (χ0v) is 15.5. The molecule has 0 aliphatic heterocycles. The quantitative estimate of drug-likeness (QED) is 0.751. The van der Waals surface area contributed by atoms with Gasteiger partial charge in [0.1, 0.15) is 12.3 Å². The summed E-state index contributed by atoms with van der Waals surface area (Å²) in [4.78, 5) is 38.0. The zero-order valence-electron chi connectivity index (χ0n) is 15.5. The first kappa shape index (κ1) is 20.0. The second-order valence-electron chi connectivity index (χ2n) is 5.92. The van der Waals surface area contributed by atoms with Gasteiger partial charge in [-0.1, -0.05) is 30.3 Å². The van der Waals surface area contributed by atoms with Gasteiger partial charge in [-0.2, -0.15) is 0 Å². The molecule has 0 aromatic heterocycles. The highest BCUT2D eigenvalue weighted by molar-refractivity contribution is 5.96. The number of hydrogen-bond donors (Lipinski definition) is 1. The summed E-state index contributed by atoms with van der Waals surface area (Å²) < 4.78 is 10.4. The molecule has 0 bridgehead atoms. The van der Waals surface area contributed by atoms with Crippen molar-refractivity contribution in [3.63, 3.8) is 0 Å². The number of carbonyl (C=O) groups is 3. The third-order valence-corrected chi connectivity index (χ3v) is 3.76. The van der Waals surface area contributed by atoms with Crippen molar-refractivity contribution < 1.29 is 23.9 Å². The average Bonchev–Trinajstić information content (AvgIpc) is 2.70. The van der Waals surface area contributed by atoms with Gasteiger partial charge >= 0.3 is 5.97 Å². The van der Waals surface area contributed by atoms with Crippen molar-refractivity contribution in [1.29, 1.82) is 0 Å². The van der Waals surface area contributed by atoms with Crippen LogP contribution in [0.5, 0.6) is 5.75 Å². The molecule has 2 aromatic carbocycles. The number of nitrogens with zero attached hydrogens (tertiary/aromatic N) is 1. The van der Waals surface area contributed by atoms with Crippen LogP contribution in [0.3, 0.4) is 0 Å². The Hall–Kier alpha value is -3.35. The molecule has 1 atom stereocenters. The van der Waals surface area contributed by atoms with Crippen LogP contribution in [-0.4, -0.2) is 50.4 Å². The molecular formula is C20H22N2O5. The Bertz CT molecular complexity index is 788. The predicted octanol–water partition coefficient (Wildman–Crippen LogP) is 1.80. The number of esters is 1. The lowest BCUT2D eigenvalue weighted by atomic mass is 10.1. The van der Waals surface area contributed by atoms with Crippen LogP contribution < -0.4 is 10.1 Å². The van der Waals surface area contributed by atoms with E-state index < -0.39 is 18.0 Å². The largest absolute Gasteiger partial charge is 0.497 e. The van der Waals surface area contributed by atoms with Gasteiger partial charge in [0.2, 0.25) is 6.10 Å². The van der Waals surface area contributed by atoms with Crippen molar-refractivity contribution in [2.24, 2.45) is 0 Å². The van der Waals surface area contributed by atoms with E-state index in [-0.39, 0.29) is 12.5 Å². The van der Waals surface area contributed by atoms with E-state index in [0.29, 0.717) is 16.9 Å². The smallest absolute Gasteiger partial charge is 0.326 e. The summed E-state index contributed by atoms with van der Waals surface area (Å²) in [5, 5.41) is 2.48. The van der Waals surface area contributed by atoms with Crippen LogP contribution in [0.2, 0.25) is 0 Å². The number of methoxy groups -OCH3 is 1. The number of amides is 2. The Morgan fingerprint density at radius 1 is 1.00 bits per heavy atom. The van der Waals surface area contributed by atoms with E-state index in [1.165, 1.54) is 12.0 Å². The molecule has 0 unspecified atom stereocenters. The van der Waals surface area contributed by atoms with Gasteiger partial charge in [0.25, 0.3) is 11.8 Å². The van der Waals surface area contributed by atoms with E-state index in [0.717, 1.165) is 0 Å². The highest BCUT2D eigenvalue weighted by Gasteiger charge is 2.26. The summed E-state index contributed by atoms with van der Waals surface area (Å²) in [6.07, 6.45) is -1.06. The molecule has 1 N–H and O–H groups in total. The molecule has 2 amide bonds. The molecule has 7 heteroatoms. The Balaban J connectivity index is 1.98. The van der Waals surface area contributed by atoms with E-state index in [1.54, 1.807) is 68.7 Å². The van der Waals surface area contributed by atoms with Gasteiger partial charge < -0.3 is 19.7 Å². The molecule has 142 valence electrons. The summed E-state index contributed by atoms with van der Waals surface area (Å²) >= 11 is 0. The third-order valence-electron chi connectivity index (χ3n) is 3.76. The van der Waals surface area contributed by atoms with Crippen molar-refractivity contribution in [2.45, 2.75) is 6.10 Å². The number of ether oxygens (including phenoxy) is 2. The Labute approximate surface area is 157 Å². The first-order chi connectivity index (χ1) is 12.9. The third kappa shape index (κ3) is 5.57. The fraction of sp³-hybridized carbons (Fsp3) is 0.250. The van der Waals surface area contributed by atoms with E-state index >= 15 is 0 Å². The number of hydrogen-bond acceptors (Lipinski definition) is 5. The lowest BCUT2D eigenvalue weighted by Gasteiger charge is -2.21. The average molecular weight is 370 g/mol. The fourth-order valence-electron chi connectivity index (χ4n) is 2.29. The van der Waals surface area contributed by atoms with E-state index in [4.69, 9.17) is 9.47 Å². The van der Waals surface area contributed by atoms with Gasteiger partial charge in [-0.3, -0.25) is 14.4 Å². The van der Waals surface area contributed by atoms with Gasteiger partial charge in [-0.15, -0.1) is 0 Å². The van der Waals surface area contributed by atoms with E-state index in [9.17, 15) is 14.4 Å². The second kappa shape index (κ2) is 9.38. The van der Waals surface area contributed by atoms with E-state index in [1.807, 2.05) is 0 Å². The van der Waals surface area contributed by atoms with Crippen LogP contribution in [0.1, 0.15) is 22.0 Å². The van der Waals surface area contributed by atoms with Crippen molar-refractivity contribution >= 4 is 17.8 Å². The van der Waals surface area contributed by atoms with Gasteiger partial charge in [0.05, 0.1) is 7.11 Å². The maximum atomic E-state index is 12.3. The van der Waals surface area contributed by atoms with Crippen LogP contribution in [0.25, 0.3) is 0 Å². The van der Waals surface area contributed by atoms with Crippen molar-refractivity contribution in [3.8, 4) is 5.75 Å². The fourth-order valence-corrected chi connectivity index (χ4v) is 2.29. The molecule has 27 heavy (non-hydrogen) atoms. The molecule has 0 spiro atoms. The minimum Gasteiger partial charge on any atom is -0.497 e. The topological polar surface area (TPSA) is 84.9 Å². The molecule has 0 aliphatic carbocycles. The van der Waals surface area contributed by atoms with Crippen LogP contribution in [-0.2, 0) is 14.3 Å². The Morgan fingerprint density at radius 2 is 1.63 bits per heavy atom. The second-order valence-corrected chi connectivity index (χ2v) is 5.92. The molecule has 2 aromatic rings. The minimum absolute atomic E-state index is 0.352. The first-order valence-electron chi connectivity index (χ1n) is 8.30. The van der Waals surface area contributed by atoms with Gasteiger partial charge in [-0.25, -0.2) is 0 Å². The summed E-state index contributed by atoms with van der Waals surface area (Å²) in [7, 11) is 4.69. The SMILES string of the molecule is COc1ccc(C(=O)NCC(=O)O[C@@H](C(=O)N(C)C)c2ccccc2)cc1. The van der Waals surface area contributed by atoms with Crippen LogP contribution in [0.15, 0.2) is 54.6 Å².